The Morgan fingerprint density at radius 1 is 1.47 bits per heavy atom. The second kappa shape index (κ2) is 5.83. The van der Waals surface area contributed by atoms with E-state index in [9.17, 15) is 9.90 Å². The topological polar surface area (TPSA) is 49.8 Å². The van der Waals surface area contributed by atoms with Crippen LogP contribution in [0.15, 0.2) is 0 Å². The van der Waals surface area contributed by atoms with Crippen molar-refractivity contribution in [2.75, 3.05) is 26.8 Å². The molecule has 0 spiro atoms. The van der Waals surface area contributed by atoms with E-state index >= 15 is 0 Å². The Labute approximate surface area is 104 Å². The van der Waals surface area contributed by atoms with Crippen molar-refractivity contribution in [2.24, 2.45) is 11.3 Å². The van der Waals surface area contributed by atoms with Crippen molar-refractivity contribution in [3.8, 4) is 0 Å². The molecule has 100 valence electrons. The number of nitrogens with zero attached hydrogens (tertiary/aromatic N) is 1. The monoisotopic (exact) mass is 243 g/mol. The number of aliphatic carboxylic acids is 1. The van der Waals surface area contributed by atoms with Crippen molar-refractivity contribution in [3.63, 3.8) is 0 Å². The van der Waals surface area contributed by atoms with Gasteiger partial charge in [-0.25, -0.2) is 0 Å². The van der Waals surface area contributed by atoms with Crippen molar-refractivity contribution >= 4 is 5.97 Å². The Morgan fingerprint density at radius 3 is 2.53 bits per heavy atom. The normalized spacial score (nSPS) is 27.6. The number of carboxylic acids is 1. The molecule has 0 aromatic heterocycles. The number of likely N-dealkylation sites (tertiary alicyclic amines) is 1. The first-order chi connectivity index (χ1) is 7.94. The summed E-state index contributed by atoms with van der Waals surface area (Å²) in [6, 6.07) is 0.398. The lowest BCUT2D eigenvalue weighted by Gasteiger charge is -2.30. The number of hydrogen-bond donors (Lipinski definition) is 1. The molecular weight excluding hydrogens is 218 g/mol. The molecule has 4 nitrogen and oxygen atoms in total. The second-order valence-corrected chi connectivity index (χ2v) is 5.47. The highest BCUT2D eigenvalue weighted by atomic mass is 16.5. The Kier molecular flexibility index (Phi) is 4.95. The van der Waals surface area contributed by atoms with Crippen LogP contribution < -0.4 is 0 Å². The van der Waals surface area contributed by atoms with E-state index in [0.717, 1.165) is 26.0 Å². The minimum absolute atomic E-state index is 0.180. The van der Waals surface area contributed by atoms with Gasteiger partial charge in [0.25, 0.3) is 0 Å². The summed E-state index contributed by atoms with van der Waals surface area (Å²) in [6.45, 7) is 8.46. The van der Waals surface area contributed by atoms with Crippen molar-refractivity contribution in [3.05, 3.63) is 0 Å². The SMILES string of the molecule is COCCC(C)N1CCC(C(=O)O)(C(C)C)C1. The molecule has 1 aliphatic heterocycles. The van der Waals surface area contributed by atoms with Crippen LogP contribution in [0.25, 0.3) is 0 Å². The van der Waals surface area contributed by atoms with E-state index < -0.39 is 11.4 Å². The van der Waals surface area contributed by atoms with Crippen molar-refractivity contribution < 1.29 is 14.6 Å². The van der Waals surface area contributed by atoms with Gasteiger partial charge in [0, 0.05) is 26.3 Å². The first-order valence-electron chi connectivity index (χ1n) is 6.40. The minimum atomic E-state index is -0.644. The summed E-state index contributed by atoms with van der Waals surface area (Å²) >= 11 is 0. The van der Waals surface area contributed by atoms with Crippen LogP contribution in [0.1, 0.15) is 33.6 Å². The molecule has 0 bridgehead atoms. The number of carbonyl (C=O) groups is 1. The van der Waals surface area contributed by atoms with Crippen molar-refractivity contribution in [1.82, 2.24) is 4.90 Å². The third kappa shape index (κ3) is 2.99. The summed E-state index contributed by atoms with van der Waals surface area (Å²) in [6.07, 6.45) is 1.72. The molecule has 0 aromatic rings. The lowest BCUT2D eigenvalue weighted by molar-refractivity contribution is -0.151. The molecule has 4 heteroatoms. The maximum atomic E-state index is 11.5. The Hall–Kier alpha value is -0.610. The summed E-state index contributed by atoms with van der Waals surface area (Å²) in [5, 5.41) is 9.46. The molecule has 2 atom stereocenters. The highest BCUT2D eigenvalue weighted by Gasteiger charge is 2.47. The maximum absolute atomic E-state index is 11.5. The van der Waals surface area contributed by atoms with E-state index in [-0.39, 0.29) is 5.92 Å². The van der Waals surface area contributed by atoms with E-state index in [1.165, 1.54) is 0 Å². The number of rotatable bonds is 6. The van der Waals surface area contributed by atoms with Crippen LogP contribution in [0.2, 0.25) is 0 Å². The van der Waals surface area contributed by atoms with Gasteiger partial charge in [-0.2, -0.15) is 0 Å². The highest BCUT2D eigenvalue weighted by molar-refractivity contribution is 5.75. The van der Waals surface area contributed by atoms with Gasteiger partial charge < -0.3 is 9.84 Å². The quantitative estimate of drug-likeness (QED) is 0.773. The first-order valence-corrected chi connectivity index (χ1v) is 6.40. The predicted octanol–water partition coefficient (Wildman–Crippen LogP) is 1.84. The highest BCUT2D eigenvalue weighted by Crippen LogP contribution is 2.39. The zero-order valence-electron chi connectivity index (χ0n) is 11.4. The zero-order valence-corrected chi connectivity index (χ0v) is 11.4. The van der Waals surface area contributed by atoms with Gasteiger partial charge in [0.15, 0.2) is 0 Å². The summed E-state index contributed by atoms with van der Waals surface area (Å²) in [5.41, 5.74) is -0.554. The van der Waals surface area contributed by atoms with Gasteiger partial charge in [-0.3, -0.25) is 9.69 Å². The third-order valence-electron chi connectivity index (χ3n) is 4.22. The fourth-order valence-electron chi connectivity index (χ4n) is 2.60. The van der Waals surface area contributed by atoms with Gasteiger partial charge >= 0.3 is 5.97 Å². The van der Waals surface area contributed by atoms with Crippen LogP contribution >= 0.6 is 0 Å². The van der Waals surface area contributed by atoms with Crippen molar-refractivity contribution in [1.29, 1.82) is 0 Å². The molecule has 0 aliphatic carbocycles. The summed E-state index contributed by atoms with van der Waals surface area (Å²) in [5.74, 6) is -0.464. The smallest absolute Gasteiger partial charge is 0.311 e. The van der Waals surface area contributed by atoms with Gasteiger partial charge in [-0.15, -0.1) is 0 Å². The summed E-state index contributed by atoms with van der Waals surface area (Å²) in [4.78, 5) is 13.8. The number of ether oxygens (including phenoxy) is 1. The van der Waals surface area contributed by atoms with Gasteiger partial charge in [0.1, 0.15) is 0 Å². The maximum Gasteiger partial charge on any atom is 0.311 e. The zero-order chi connectivity index (χ0) is 13.1. The van der Waals surface area contributed by atoms with E-state index in [4.69, 9.17) is 4.74 Å². The van der Waals surface area contributed by atoms with E-state index in [2.05, 4.69) is 11.8 Å². The molecule has 1 N–H and O–H groups in total. The fourth-order valence-corrected chi connectivity index (χ4v) is 2.60. The Bertz CT molecular complexity index is 267. The molecule has 1 saturated heterocycles. The fraction of sp³-hybridized carbons (Fsp3) is 0.923. The van der Waals surface area contributed by atoms with Crippen LogP contribution in [0.3, 0.4) is 0 Å². The average Bonchev–Trinajstić information content (AvgIpc) is 2.72. The van der Waals surface area contributed by atoms with Gasteiger partial charge in [-0.1, -0.05) is 13.8 Å². The van der Waals surface area contributed by atoms with Crippen LogP contribution in [0.4, 0.5) is 0 Å². The molecule has 17 heavy (non-hydrogen) atoms. The number of carboxylic acid groups (broad SMARTS) is 1. The predicted molar refractivity (Wildman–Crippen MR) is 67.1 cm³/mol. The first kappa shape index (κ1) is 14.5. The molecule has 0 amide bonds. The lowest BCUT2D eigenvalue weighted by atomic mass is 9.76. The standard InChI is InChI=1S/C13H25NO3/c1-10(2)13(12(15)16)6-7-14(9-13)11(3)5-8-17-4/h10-11H,5-9H2,1-4H3,(H,15,16). The molecule has 0 radical (unpaired) electrons. The lowest BCUT2D eigenvalue weighted by Crippen LogP contribution is -2.41. The molecule has 1 heterocycles. The molecule has 0 saturated carbocycles. The summed E-state index contributed by atoms with van der Waals surface area (Å²) in [7, 11) is 1.70. The van der Waals surface area contributed by atoms with Gasteiger partial charge in [0.2, 0.25) is 0 Å². The Morgan fingerprint density at radius 2 is 2.12 bits per heavy atom. The number of hydrogen-bond acceptors (Lipinski definition) is 3. The minimum Gasteiger partial charge on any atom is -0.481 e. The molecule has 1 rings (SSSR count). The average molecular weight is 243 g/mol. The van der Waals surface area contributed by atoms with Crippen molar-refractivity contribution in [2.45, 2.75) is 39.7 Å². The molecule has 1 fully saturated rings. The third-order valence-corrected chi connectivity index (χ3v) is 4.22. The van der Waals surface area contributed by atoms with Gasteiger partial charge in [-0.05, 0) is 32.2 Å². The molecule has 1 aliphatic rings. The molecular formula is C13H25NO3. The van der Waals surface area contributed by atoms with Crippen LogP contribution in [0.5, 0.6) is 0 Å². The molecule has 2 unspecified atom stereocenters. The van der Waals surface area contributed by atoms with Gasteiger partial charge in [0.05, 0.1) is 5.41 Å². The summed E-state index contributed by atoms with van der Waals surface area (Å²) < 4.78 is 5.08. The number of methoxy groups -OCH3 is 1. The van der Waals surface area contributed by atoms with Crippen LogP contribution in [0, 0.1) is 11.3 Å². The van der Waals surface area contributed by atoms with Crippen LogP contribution in [-0.2, 0) is 9.53 Å². The van der Waals surface area contributed by atoms with E-state index in [1.54, 1.807) is 7.11 Å². The van der Waals surface area contributed by atoms with E-state index in [0.29, 0.717) is 12.6 Å². The Balaban J connectivity index is 2.63. The largest absolute Gasteiger partial charge is 0.481 e. The molecule has 0 aromatic carbocycles. The second-order valence-electron chi connectivity index (χ2n) is 5.47. The van der Waals surface area contributed by atoms with Crippen LogP contribution in [-0.4, -0.2) is 48.8 Å². The van der Waals surface area contributed by atoms with E-state index in [1.807, 2.05) is 13.8 Å².